The van der Waals surface area contributed by atoms with E-state index in [4.69, 9.17) is 4.74 Å². The molecule has 0 atom stereocenters. The Morgan fingerprint density at radius 1 is 1.25 bits per heavy atom. The van der Waals surface area contributed by atoms with Crippen molar-refractivity contribution in [2.45, 2.75) is 31.4 Å². The van der Waals surface area contributed by atoms with Gasteiger partial charge in [-0.05, 0) is 61.7 Å². The van der Waals surface area contributed by atoms with E-state index in [1.54, 1.807) is 16.2 Å². The largest absolute Gasteiger partial charge is 0.369 e. The predicted octanol–water partition coefficient (Wildman–Crippen LogP) is 3.18. The molecule has 2 aliphatic rings. The molecule has 0 unspecified atom stereocenters. The van der Waals surface area contributed by atoms with E-state index in [1.807, 2.05) is 25.2 Å². The van der Waals surface area contributed by atoms with Crippen LogP contribution in [0.1, 0.15) is 38.5 Å². The van der Waals surface area contributed by atoms with Crippen molar-refractivity contribution >= 4 is 40.0 Å². The molecule has 0 saturated carbocycles. The number of fused-ring (bicyclic) bond motifs is 3. The summed E-state index contributed by atoms with van der Waals surface area (Å²) in [7, 11) is 1.86. The van der Waals surface area contributed by atoms with Crippen LogP contribution in [0.25, 0.3) is 11.0 Å². The van der Waals surface area contributed by atoms with Gasteiger partial charge < -0.3 is 15.0 Å². The lowest BCUT2D eigenvalue weighted by Gasteiger charge is -2.40. The Labute approximate surface area is 171 Å². The smallest absolute Gasteiger partial charge is 0.263 e. The number of carbonyl (C=O) groups is 1. The average molecular weight is 415 g/mol. The van der Waals surface area contributed by atoms with Gasteiger partial charge in [-0.15, -0.1) is 11.3 Å². The van der Waals surface area contributed by atoms with Crippen LogP contribution in [0.15, 0.2) is 24.3 Å². The van der Waals surface area contributed by atoms with Crippen LogP contribution in [-0.4, -0.2) is 46.3 Å². The van der Waals surface area contributed by atoms with Gasteiger partial charge in [0, 0.05) is 18.5 Å². The minimum Gasteiger partial charge on any atom is -0.369 e. The molecule has 1 fully saturated rings. The van der Waals surface area contributed by atoms with Crippen LogP contribution in [0, 0.1) is 0 Å². The summed E-state index contributed by atoms with van der Waals surface area (Å²) in [5.74, 6) is 0.0694. The number of aromatic nitrogens is 2. The van der Waals surface area contributed by atoms with Gasteiger partial charge in [-0.25, -0.2) is 0 Å². The second-order valence-electron chi connectivity index (χ2n) is 7.56. The molecule has 1 amide bonds. The van der Waals surface area contributed by atoms with Crippen LogP contribution in [0.4, 0.5) is 0 Å². The quantitative estimate of drug-likeness (QED) is 0.713. The van der Waals surface area contributed by atoms with Gasteiger partial charge in [0.1, 0.15) is 16.6 Å². The molecular formula is C20H22N4O2S2. The third kappa shape index (κ3) is 3.14. The van der Waals surface area contributed by atoms with Gasteiger partial charge in [0.05, 0.1) is 23.2 Å². The number of nitrogens with one attached hydrogen (secondary N) is 1. The Morgan fingerprint density at radius 3 is 2.93 bits per heavy atom. The van der Waals surface area contributed by atoms with Crippen LogP contribution in [-0.2, 0) is 23.3 Å². The number of hydrogen-bond acceptors (Lipinski definition) is 7. The van der Waals surface area contributed by atoms with E-state index in [0.717, 1.165) is 60.4 Å². The highest BCUT2D eigenvalue weighted by Gasteiger charge is 2.41. The molecule has 0 aliphatic carbocycles. The van der Waals surface area contributed by atoms with Crippen molar-refractivity contribution in [2.24, 2.45) is 0 Å². The molecule has 0 bridgehead atoms. The molecular weight excluding hydrogens is 392 g/mol. The molecule has 0 radical (unpaired) electrons. The lowest BCUT2D eigenvalue weighted by molar-refractivity contribution is -0.0771. The maximum atomic E-state index is 13.1. The second kappa shape index (κ2) is 7.18. The zero-order chi connectivity index (χ0) is 19.1. The standard InChI is InChI=1S/C20H22N4O2S2/c1-24(12-13-2-3-15-16(10-13)23-28-22-15)19(25)17-11-14-4-9-26-20(18(14)27-17)5-7-21-8-6-20/h2-3,10-11,21H,4-9,12H2,1H3. The first-order chi connectivity index (χ1) is 13.6. The van der Waals surface area contributed by atoms with E-state index in [1.165, 1.54) is 22.2 Å². The summed E-state index contributed by atoms with van der Waals surface area (Å²) in [6.07, 6.45) is 2.85. The van der Waals surface area contributed by atoms with Crippen molar-refractivity contribution in [3.8, 4) is 0 Å². The third-order valence-corrected chi connectivity index (χ3v) is 7.59. The van der Waals surface area contributed by atoms with Crippen molar-refractivity contribution in [1.82, 2.24) is 19.0 Å². The zero-order valence-corrected chi connectivity index (χ0v) is 17.4. The SMILES string of the molecule is CN(Cc1ccc2nsnc2c1)C(=O)c1cc2c(s1)C1(CCNCC1)OCC2. The van der Waals surface area contributed by atoms with Crippen LogP contribution in [0.3, 0.4) is 0 Å². The fraction of sp³-hybridized carbons (Fsp3) is 0.450. The topological polar surface area (TPSA) is 67.4 Å². The Kier molecular flexibility index (Phi) is 4.66. The van der Waals surface area contributed by atoms with E-state index in [9.17, 15) is 4.79 Å². The van der Waals surface area contributed by atoms with Crippen molar-refractivity contribution in [3.05, 3.63) is 45.1 Å². The summed E-state index contributed by atoms with van der Waals surface area (Å²) in [4.78, 5) is 17.0. The molecule has 4 heterocycles. The summed E-state index contributed by atoms with van der Waals surface area (Å²) in [5.41, 5.74) is 3.96. The molecule has 2 aliphatic heterocycles. The molecule has 2 aromatic heterocycles. The van der Waals surface area contributed by atoms with Crippen LogP contribution >= 0.6 is 23.1 Å². The van der Waals surface area contributed by atoms with Crippen LogP contribution in [0.5, 0.6) is 0 Å². The zero-order valence-electron chi connectivity index (χ0n) is 15.7. The maximum absolute atomic E-state index is 13.1. The average Bonchev–Trinajstić information content (AvgIpc) is 3.35. The highest BCUT2D eigenvalue weighted by molar-refractivity contribution is 7.14. The predicted molar refractivity (Wildman–Crippen MR) is 111 cm³/mol. The fourth-order valence-electron chi connectivity index (χ4n) is 4.19. The van der Waals surface area contributed by atoms with E-state index < -0.39 is 0 Å². The molecule has 5 rings (SSSR count). The summed E-state index contributed by atoms with van der Waals surface area (Å²) in [6, 6.07) is 8.10. The van der Waals surface area contributed by atoms with Crippen LogP contribution in [0.2, 0.25) is 0 Å². The number of benzene rings is 1. The van der Waals surface area contributed by atoms with E-state index in [0.29, 0.717) is 6.54 Å². The molecule has 1 aromatic carbocycles. The third-order valence-electron chi connectivity index (χ3n) is 5.68. The van der Waals surface area contributed by atoms with Gasteiger partial charge >= 0.3 is 0 Å². The number of amides is 1. The molecule has 6 nitrogen and oxygen atoms in total. The number of rotatable bonds is 3. The molecule has 28 heavy (non-hydrogen) atoms. The Balaban J connectivity index is 1.37. The monoisotopic (exact) mass is 414 g/mol. The van der Waals surface area contributed by atoms with Gasteiger partial charge in [-0.1, -0.05) is 6.07 Å². The molecule has 8 heteroatoms. The van der Waals surface area contributed by atoms with Gasteiger partial charge in [0.2, 0.25) is 0 Å². The minimum atomic E-state index is -0.191. The summed E-state index contributed by atoms with van der Waals surface area (Å²) in [5, 5.41) is 3.41. The van der Waals surface area contributed by atoms with Crippen molar-refractivity contribution in [1.29, 1.82) is 0 Å². The van der Waals surface area contributed by atoms with Crippen molar-refractivity contribution in [3.63, 3.8) is 0 Å². The summed E-state index contributed by atoms with van der Waals surface area (Å²) >= 11 is 2.84. The summed E-state index contributed by atoms with van der Waals surface area (Å²) in [6.45, 7) is 3.23. The second-order valence-corrected chi connectivity index (χ2v) is 9.14. The maximum Gasteiger partial charge on any atom is 0.263 e. The number of hydrogen-bond donors (Lipinski definition) is 1. The normalized spacial score (nSPS) is 18.3. The van der Waals surface area contributed by atoms with E-state index in [-0.39, 0.29) is 11.5 Å². The van der Waals surface area contributed by atoms with E-state index >= 15 is 0 Å². The van der Waals surface area contributed by atoms with Gasteiger partial charge in [0.15, 0.2) is 0 Å². The molecule has 3 aromatic rings. The van der Waals surface area contributed by atoms with Crippen molar-refractivity contribution < 1.29 is 9.53 Å². The Bertz CT molecular complexity index is 1020. The van der Waals surface area contributed by atoms with Crippen molar-refractivity contribution in [2.75, 3.05) is 26.7 Å². The van der Waals surface area contributed by atoms with E-state index in [2.05, 4.69) is 20.1 Å². The molecule has 1 spiro atoms. The minimum absolute atomic E-state index is 0.0694. The Hall–Kier alpha value is -1.87. The van der Waals surface area contributed by atoms with Crippen LogP contribution < -0.4 is 5.32 Å². The first-order valence-electron chi connectivity index (χ1n) is 9.59. The van der Waals surface area contributed by atoms with Gasteiger partial charge in [-0.3, -0.25) is 4.79 Å². The first-order valence-corrected chi connectivity index (χ1v) is 11.1. The number of carbonyl (C=O) groups excluding carboxylic acids is 1. The number of piperidine rings is 1. The highest BCUT2D eigenvalue weighted by atomic mass is 32.1. The first kappa shape index (κ1) is 18.2. The molecule has 1 N–H and O–H groups in total. The number of nitrogens with zero attached hydrogens (tertiary/aromatic N) is 3. The number of ether oxygens (including phenoxy) is 1. The lowest BCUT2D eigenvalue weighted by Crippen LogP contribution is -2.43. The number of thiophene rings is 1. The lowest BCUT2D eigenvalue weighted by atomic mass is 9.86. The van der Waals surface area contributed by atoms with Gasteiger partial charge in [0.25, 0.3) is 5.91 Å². The summed E-state index contributed by atoms with van der Waals surface area (Å²) < 4.78 is 14.8. The fourth-order valence-corrected chi connectivity index (χ4v) is 6.11. The molecule has 1 saturated heterocycles. The highest BCUT2D eigenvalue weighted by Crippen LogP contribution is 2.44. The molecule has 146 valence electrons. The Morgan fingerprint density at radius 2 is 2.07 bits per heavy atom. The van der Waals surface area contributed by atoms with Gasteiger partial charge in [-0.2, -0.15) is 8.75 Å².